The fourth-order valence-corrected chi connectivity index (χ4v) is 4.02. The molecule has 0 aromatic carbocycles. The van der Waals surface area contributed by atoms with Crippen molar-refractivity contribution in [1.82, 2.24) is 10.3 Å². The summed E-state index contributed by atoms with van der Waals surface area (Å²) in [7, 11) is -0.709. The van der Waals surface area contributed by atoms with E-state index in [9.17, 15) is 4.21 Å². The van der Waals surface area contributed by atoms with Gasteiger partial charge >= 0.3 is 0 Å². The summed E-state index contributed by atoms with van der Waals surface area (Å²) in [5.41, 5.74) is 1.80. The van der Waals surface area contributed by atoms with Crippen molar-refractivity contribution in [1.29, 1.82) is 0 Å². The van der Waals surface area contributed by atoms with E-state index in [0.29, 0.717) is 11.7 Å². The topological polar surface area (TPSA) is 42.0 Å². The smallest absolute Gasteiger partial charge is 0.0794 e. The lowest BCUT2D eigenvalue weighted by atomic mass is 10.2. The molecule has 0 radical (unpaired) electrons. The molecule has 1 aliphatic rings. The molecule has 1 saturated heterocycles. The van der Waals surface area contributed by atoms with Crippen LogP contribution in [0.5, 0.6) is 0 Å². The second-order valence-electron chi connectivity index (χ2n) is 3.58. The summed E-state index contributed by atoms with van der Waals surface area (Å²) in [6, 6.07) is 0. The van der Waals surface area contributed by atoms with Crippen LogP contribution in [0.15, 0.2) is 11.7 Å². The Bertz CT molecular complexity index is 294. The summed E-state index contributed by atoms with van der Waals surface area (Å²) in [6.07, 6.45) is 2.99. The van der Waals surface area contributed by atoms with Crippen LogP contribution in [0.25, 0.3) is 0 Å². The third-order valence-electron chi connectivity index (χ3n) is 2.37. The highest BCUT2D eigenvalue weighted by molar-refractivity contribution is 7.84. The molecule has 78 valence electrons. The molecule has 0 amide bonds. The van der Waals surface area contributed by atoms with Crippen LogP contribution in [0.1, 0.15) is 11.3 Å². The first kappa shape index (κ1) is 10.3. The van der Waals surface area contributed by atoms with Gasteiger partial charge in [0.2, 0.25) is 0 Å². The molecule has 1 aromatic rings. The molecule has 0 unspecified atom stereocenters. The Kier molecular flexibility index (Phi) is 3.67. The van der Waals surface area contributed by atoms with Crippen LogP contribution in [0.4, 0.5) is 0 Å². The van der Waals surface area contributed by atoms with Crippen molar-refractivity contribution < 1.29 is 4.21 Å². The number of nitrogens with one attached hydrogen (secondary N) is 1. The summed E-state index contributed by atoms with van der Waals surface area (Å²) < 4.78 is 11.7. The van der Waals surface area contributed by atoms with Crippen LogP contribution in [-0.2, 0) is 16.6 Å². The number of thiazole rings is 1. The SMILES string of the molecule is O=[S@@](Cc1cncs1)C[C@H]1CCNC1. The van der Waals surface area contributed by atoms with E-state index in [-0.39, 0.29) is 0 Å². The number of rotatable bonds is 4. The maximum Gasteiger partial charge on any atom is 0.0794 e. The van der Waals surface area contributed by atoms with Gasteiger partial charge in [0.25, 0.3) is 0 Å². The Hall–Kier alpha value is -0.260. The van der Waals surface area contributed by atoms with E-state index in [4.69, 9.17) is 0 Å². The molecular weight excluding hydrogens is 216 g/mol. The minimum atomic E-state index is -0.709. The quantitative estimate of drug-likeness (QED) is 0.839. The van der Waals surface area contributed by atoms with Crippen LogP contribution in [0.3, 0.4) is 0 Å². The molecule has 3 nitrogen and oxygen atoms in total. The summed E-state index contributed by atoms with van der Waals surface area (Å²) in [5, 5.41) is 3.29. The van der Waals surface area contributed by atoms with E-state index < -0.39 is 10.8 Å². The zero-order valence-electron chi connectivity index (χ0n) is 7.94. The van der Waals surface area contributed by atoms with Gasteiger partial charge in [-0.2, -0.15) is 0 Å². The van der Waals surface area contributed by atoms with E-state index in [0.717, 1.165) is 23.7 Å². The molecule has 1 N–H and O–H groups in total. The second kappa shape index (κ2) is 5.00. The first-order valence-corrected chi connectivity index (χ1v) is 7.14. The lowest BCUT2D eigenvalue weighted by Gasteiger charge is -2.06. The maximum atomic E-state index is 11.7. The molecule has 1 fully saturated rings. The van der Waals surface area contributed by atoms with E-state index in [2.05, 4.69) is 10.3 Å². The molecule has 1 aliphatic heterocycles. The number of aromatic nitrogens is 1. The van der Waals surface area contributed by atoms with Crippen molar-refractivity contribution in [2.75, 3.05) is 18.8 Å². The Morgan fingerprint density at radius 2 is 2.64 bits per heavy atom. The van der Waals surface area contributed by atoms with Crippen LogP contribution in [0.2, 0.25) is 0 Å². The summed E-state index contributed by atoms with van der Waals surface area (Å²) in [6.45, 7) is 2.12. The van der Waals surface area contributed by atoms with Gasteiger partial charge in [-0.3, -0.25) is 9.19 Å². The Balaban J connectivity index is 1.78. The lowest BCUT2D eigenvalue weighted by Crippen LogP contribution is -2.15. The maximum absolute atomic E-state index is 11.7. The van der Waals surface area contributed by atoms with Crippen LogP contribution >= 0.6 is 11.3 Å². The minimum Gasteiger partial charge on any atom is -0.316 e. The highest BCUT2D eigenvalue weighted by Crippen LogP contribution is 2.13. The molecule has 14 heavy (non-hydrogen) atoms. The van der Waals surface area contributed by atoms with Gasteiger partial charge in [-0.1, -0.05) is 0 Å². The third-order valence-corrected chi connectivity index (χ3v) is 4.81. The fourth-order valence-electron chi connectivity index (χ4n) is 1.65. The van der Waals surface area contributed by atoms with Crippen LogP contribution in [-0.4, -0.2) is 28.0 Å². The van der Waals surface area contributed by atoms with Gasteiger partial charge in [0.1, 0.15) is 0 Å². The van der Waals surface area contributed by atoms with Crippen molar-refractivity contribution in [3.63, 3.8) is 0 Å². The monoisotopic (exact) mass is 230 g/mol. The van der Waals surface area contributed by atoms with Gasteiger partial charge in [0.15, 0.2) is 0 Å². The molecule has 0 aliphatic carbocycles. The molecule has 0 saturated carbocycles. The third kappa shape index (κ3) is 2.87. The molecule has 5 heteroatoms. The summed E-state index contributed by atoms with van der Waals surface area (Å²) >= 11 is 1.59. The first-order valence-electron chi connectivity index (χ1n) is 4.77. The highest BCUT2D eigenvalue weighted by Gasteiger charge is 2.17. The van der Waals surface area contributed by atoms with E-state index >= 15 is 0 Å². The summed E-state index contributed by atoms with van der Waals surface area (Å²) in [5.74, 6) is 2.13. The van der Waals surface area contributed by atoms with Gasteiger partial charge in [-0.05, 0) is 25.4 Å². The molecule has 0 spiro atoms. The predicted molar refractivity (Wildman–Crippen MR) is 59.8 cm³/mol. The van der Waals surface area contributed by atoms with Gasteiger partial charge in [0, 0.05) is 27.6 Å². The number of nitrogens with zero attached hydrogens (tertiary/aromatic N) is 1. The van der Waals surface area contributed by atoms with Crippen molar-refractivity contribution >= 4 is 22.1 Å². The lowest BCUT2D eigenvalue weighted by molar-refractivity contribution is 0.632. The summed E-state index contributed by atoms with van der Waals surface area (Å²) in [4.78, 5) is 5.11. The second-order valence-corrected chi connectivity index (χ2v) is 6.05. The van der Waals surface area contributed by atoms with Crippen LogP contribution in [0, 0.1) is 5.92 Å². The van der Waals surface area contributed by atoms with Gasteiger partial charge in [-0.25, -0.2) is 0 Å². The van der Waals surface area contributed by atoms with Crippen molar-refractivity contribution in [2.24, 2.45) is 5.92 Å². The predicted octanol–water partition coefficient (Wildman–Crippen LogP) is 1.00. The minimum absolute atomic E-state index is 0.615. The zero-order valence-corrected chi connectivity index (χ0v) is 9.57. The van der Waals surface area contributed by atoms with E-state index in [1.54, 1.807) is 16.8 Å². The van der Waals surface area contributed by atoms with E-state index in [1.165, 1.54) is 6.42 Å². The van der Waals surface area contributed by atoms with Gasteiger partial charge in [-0.15, -0.1) is 11.3 Å². The Morgan fingerprint density at radius 3 is 3.29 bits per heavy atom. The van der Waals surface area contributed by atoms with Crippen molar-refractivity contribution in [2.45, 2.75) is 12.2 Å². The van der Waals surface area contributed by atoms with Crippen molar-refractivity contribution in [3.8, 4) is 0 Å². The largest absolute Gasteiger partial charge is 0.316 e. The molecular formula is C9H14N2OS2. The van der Waals surface area contributed by atoms with E-state index in [1.807, 2.05) is 6.20 Å². The fraction of sp³-hybridized carbons (Fsp3) is 0.667. The normalized spacial score (nSPS) is 23.9. The first-order chi connectivity index (χ1) is 6.84. The molecule has 1 aromatic heterocycles. The number of hydrogen-bond acceptors (Lipinski definition) is 4. The average molecular weight is 230 g/mol. The van der Waals surface area contributed by atoms with Crippen LogP contribution < -0.4 is 5.32 Å². The van der Waals surface area contributed by atoms with Gasteiger partial charge < -0.3 is 5.32 Å². The molecule has 0 bridgehead atoms. The zero-order chi connectivity index (χ0) is 9.80. The van der Waals surface area contributed by atoms with Gasteiger partial charge in [0.05, 0.1) is 11.3 Å². The molecule has 2 atom stereocenters. The highest BCUT2D eigenvalue weighted by atomic mass is 32.2. The molecule has 2 heterocycles. The molecule has 2 rings (SSSR count). The standard InChI is InChI=1S/C9H14N2OS2/c12-14(5-8-1-2-10-3-8)6-9-4-11-7-13-9/h4,7-8,10H,1-3,5-6H2/t8-,14+/m0/s1. The average Bonchev–Trinajstić information content (AvgIpc) is 2.76. The Morgan fingerprint density at radius 1 is 1.71 bits per heavy atom. The Labute approximate surface area is 90.4 Å². The van der Waals surface area contributed by atoms with Crippen molar-refractivity contribution in [3.05, 3.63) is 16.6 Å². The number of hydrogen-bond donors (Lipinski definition) is 1.